The summed E-state index contributed by atoms with van der Waals surface area (Å²) in [5.74, 6) is 0.106. The second kappa shape index (κ2) is 7.15. The molecule has 3 rings (SSSR count). The van der Waals surface area contributed by atoms with Gasteiger partial charge in [-0.05, 0) is 37.8 Å². The van der Waals surface area contributed by atoms with Crippen LogP contribution in [0, 0.1) is 19.8 Å². The van der Waals surface area contributed by atoms with E-state index < -0.39 is 5.60 Å². The fraction of sp³-hybridized carbons (Fsp3) is 0.391. The van der Waals surface area contributed by atoms with Crippen molar-refractivity contribution in [3.63, 3.8) is 0 Å². The summed E-state index contributed by atoms with van der Waals surface area (Å²) >= 11 is 0. The summed E-state index contributed by atoms with van der Waals surface area (Å²) in [6.45, 7) is 10.2. The molecule has 132 valence electrons. The van der Waals surface area contributed by atoms with Crippen molar-refractivity contribution < 1.29 is 5.11 Å². The van der Waals surface area contributed by atoms with Crippen LogP contribution in [-0.2, 0) is 0 Å². The molecular weight excluding hydrogens is 306 g/mol. The minimum atomic E-state index is -0.752. The Morgan fingerprint density at radius 3 is 2.08 bits per heavy atom. The molecule has 1 fully saturated rings. The van der Waals surface area contributed by atoms with E-state index in [-0.39, 0.29) is 18.0 Å². The van der Waals surface area contributed by atoms with E-state index in [1.54, 1.807) is 0 Å². The van der Waals surface area contributed by atoms with E-state index in [2.05, 4.69) is 81.2 Å². The molecule has 1 aliphatic heterocycles. The summed E-state index contributed by atoms with van der Waals surface area (Å²) in [6, 6.07) is 17.5. The van der Waals surface area contributed by atoms with Gasteiger partial charge in [0.05, 0.1) is 5.60 Å². The largest absolute Gasteiger partial charge is 0.389 e. The van der Waals surface area contributed by atoms with Gasteiger partial charge in [0.1, 0.15) is 0 Å². The highest BCUT2D eigenvalue weighted by Crippen LogP contribution is 2.44. The summed E-state index contributed by atoms with van der Waals surface area (Å²) in [6.07, 6.45) is 3.16. The highest BCUT2D eigenvalue weighted by molar-refractivity contribution is 5.30. The Kier molecular flexibility index (Phi) is 5.12. The van der Waals surface area contributed by atoms with Gasteiger partial charge in [0.2, 0.25) is 0 Å². The van der Waals surface area contributed by atoms with Gasteiger partial charge in [-0.2, -0.15) is 0 Å². The number of nitrogens with one attached hydrogen (secondary N) is 1. The van der Waals surface area contributed by atoms with Crippen molar-refractivity contribution in [2.45, 2.75) is 51.3 Å². The molecule has 2 aromatic carbocycles. The van der Waals surface area contributed by atoms with Gasteiger partial charge in [-0.15, -0.1) is 6.58 Å². The number of hydrogen-bond donors (Lipinski definition) is 2. The van der Waals surface area contributed by atoms with Crippen molar-refractivity contribution in [1.29, 1.82) is 0 Å². The number of benzene rings is 2. The molecule has 0 aromatic heterocycles. The molecule has 0 amide bonds. The first kappa shape index (κ1) is 17.9. The Morgan fingerprint density at radius 2 is 1.56 bits per heavy atom. The Labute approximate surface area is 151 Å². The predicted octanol–water partition coefficient (Wildman–Crippen LogP) is 5.02. The fourth-order valence-electron chi connectivity index (χ4n) is 3.96. The summed E-state index contributed by atoms with van der Waals surface area (Å²) in [5, 5.41) is 15.2. The lowest BCUT2D eigenvalue weighted by Gasteiger charge is -2.47. The Hall–Kier alpha value is -1.90. The van der Waals surface area contributed by atoms with Gasteiger partial charge < -0.3 is 10.4 Å². The minimum absolute atomic E-state index is 0.106. The maximum absolute atomic E-state index is 11.4. The van der Waals surface area contributed by atoms with Gasteiger partial charge in [0.15, 0.2) is 0 Å². The van der Waals surface area contributed by atoms with Gasteiger partial charge in [-0.3, -0.25) is 0 Å². The molecular formula is C23H29NO. The third-order valence-corrected chi connectivity index (χ3v) is 5.70. The zero-order valence-electron chi connectivity index (χ0n) is 15.5. The second-order valence-electron chi connectivity index (χ2n) is 7.61. The molecule has 2 heteroatoms. The molecule has 1 saturated heterocycles. The van der Waals surface area contributed by atoms with Crippen molar-refractivity contribution in [3.05, 3.63) is 83.4 Å². The molecule has 2 nitrogen and oxygen atoms in total. The first-order valence-electron chi connectivity index (χ1n) is 9.15. The molecule has 25 heavy (non-hydrogen) atoms. The molecule has 0 saturated carbocycles. The fourth-order valence-corrected chi connectivity index (χ4v) is 3.96. The first-order valence-corrected chi connectivity index (χ1v) is 9.15. The normalized spacial score (nSPS) is 29.4. The molecule has 4 atom stereocenters. The van der Waals surface area contributed by atoms with Crippen LogP contribution in [0.3, 0.4) is 0 Å². The number of aliphatic hydroxyl groups is 1. The second-order valence-corrected chi connectivity index (χ2v) is 7.61. The number of hydrogen-bond acceptors (Lipinski definition) is 2. The Morgan fingerprint density at radius 1 is 1.04 bits per heavy atom. The third-order valence-electron chi connectivity index (χ3n) is 5.70. The van der Waals surface area contributed by atoms with Crippen LogP contribution in [0.2, 0.25) is 0 Å². The predicted molar refractivity (Wildman–Crippen MR) is 105 cm³/mol. The molecule has 0 radical (unpaired) electrons. The Bertz CT molecular complexity index is 719. The average Bonchev–Trinajstić information content (AvgIpc) is 2.59. The van der Waals surface area contributed by atoms with E-state index in [9.17, 15) is 5.11 Å². The lowest BCUT2D eigenvalue weighted by atomic mass is 9.70. The zero-order valence-corrected chi connectivity index (χ0v) is 15.5. The smallest absolute Gasteiger partial charge is 0.0743 e. The summed E-state index contributed by atoms with van der Waals surface area (Å²) < 4.78 is 0. The van der Waals surface area contributed by atoms with E-state index in [4.69, 9.17) is 0 Å². The maximum atomic E-state index is 11.4. The van der Waals surface area contributed by atoms with Crippen molar-refractivity contribution in [3.8, 4) is 0 Å². The SMILES string of the molecule is C=CC[C@@]1(O)C[C@H](c2ccc(C)cc2)N[C@@H](c2ccc(C)cc2)[C@@H]1C. The third kappa shape index (κ3) is 3.70. The lowest BCUT2D eigenvalue weighted by Crippen LogP contribution is -2.51. The van der Waals surface area contributed by atoms with Gasteiger partial charge >= 0.3 is 0 Å². The van der Waals surface area contributed by atoms with E-state index >= 15 is 0 Å². The van der Waals surface area contributed by atoms with Crippen LogP contribution in [-0.4, -0.2) is 10.7 Å². The van der Waals surface area contributed by atoms with E-state index in [0.29, 0.717) is 12.8 Å². The number of piperidine rings is 1. The lowest BCUT2D eigenvalue weighted by molar-refractivity contribution is -0.0654. The highest BCUT2D eigenvalue weighted by atomic mass is 16.3. The molecule has 2 N–H and O–H groups in total. The highest BCUT2D eigenvalue weighted by Gasteiger charge is 2.45. The van der Waals surface area contributed by atoms with Crippen molar-refractivity contribution >= 4 is 0 Å². The topological polar surface area (TPSA) is 32.3 Å². The van der Waals surface area contributed by atoms with Crippen LogP contribution < -0.4 is 5.32 Å². The van der Waals surface area contributed by atoms with Gasteiger partial charge in [0.25, 0.3) is 0 Å². The molecule has 0 aliphatic carbocycles. The molecule has 2 aromatic rings. The quantitative estimate of drug-likeness (QED) is 0.769. The van der Waals surface area contributed by atoms with Crippen molar-refractivity contribution in [1.82, 2.24) is 5.32 Å². The molecule has 0 bridgehead atoms. The van der Waals surface area contributed by atoms with Crippen LogP contribution >= 0.6 is 0 Å². The van der Waals surface area contributed by atoms with Crippen LogP contribution in [0.1, 0.15) is 54.1 Å². The van der Waals surface area contributed by atoms with Crippen molar-refractivity contribution in [2.24, 2.45) is 5.92 Å². The van der Waals surface area contributed by atoms with Crippen molar-refractivity contribution in [2.75, 3.05) is 0 Å². The van der Waals surface area contributed by atoms with Crippen LogP contribution in [0.4, 0.5) is 0 Å². The molecule has 1 aliphatic rings. The van der Waals surface area contributed by atoms with E-state index in [0.717, 1.165) is 0 Å². The average molecular weight is 335 g/mol. The Balaban J connectivity index is 1.97. The zero-order chi connectivity index (χ0) is 18.0. The molecule has 0 spiro atoms. The number of aryl methyl sites for hydroxylation is 2. The minimum Gasteiger partial charge on any atom is -0.389 e. The van der Waals surface area contributed by atoms with Gasteiger partial charge in [0, 0.05) is 18.0 Å². The van der Waals surface area contributed by atoms with Crippen LogP contribution in [0.5, 0.6) is 0 Å². The van der Waals surface area contributed by atoms with Gasteiger partial charge in [-0.25, -0.2) is 0 Å². The molecule has 1 heterocycles. The standard InChI is InChI=1S/C23H29NO/c1-5-14-23(25)15-21(19-10-6-16(2)7-11-19)24-22(18(23)4)20-12-8-17(3)9-13-20/h5-13,18,21-22,24-25H,1,14-15H2,2-4H3/t18-,21+,22+,23+/m0/s1. The number of rotatable bonds is 4. The van der Waals surface area contributed by atoms with Crippen LogP contribution in [0.25, 0.3) is 0 Å². The summed E-state index contributed by atoms with van der Waals surface area (Å²) in [4.78, 5) is 0. The maximum Gasteiger partial charge on any atom is 0.0743 e. The molecule has 0 unspecified atom stereocenters. The summed E-state index contributed by atoms with van der Waals surface area (Å²) in [7, 11) is 0. The first-order chi connectivity index (χ1) is 11.9. The van der Waals surface area contributed by atoms with E-state index in [1.807, 2.05) is 6.08 Å². The van der Waals surface area contributed by atoms with E-state index in [1.165, 1.54) is 22.3 Å². The van der Waals surface area contributed by atoms with Gasteiger partial charge in [-0.1, -0.05) is 72.7 Å². The summed E-state index contributed by atoms with van der Waals surface area (Å²) in [5.41, 5.74) is 4.22. The van der Waals surface area contributed by atoms with Crippen LogP contribution in [0.15, 0.2) is 61.2 Å². The monoisotopic (exact) mass is 335 g/mol.